The lowest BCUT2D eigenvalue weighted by atomic mass is 10.2. The van der Waals surface area contributed by atoms with Crippen molar-refractivity contribution in [3.05, 3.63) is 70.8 Å². The summed E-state index contributed by atoms with van der Waals surface area (Å²) >= 11 is 5.94. The van der Waals surface area contributed by atoms with E-state index in [9.17, 15) is 0 Å². The molecule has 6 heteroatoms. The number of ether oxygens (including phenoxy) is 1. The molecule has 144 valence electrons. The fourth-order valence-electron chi connectivity index (χ4n) is 2.94. The Morgan fingerprint density at radius 2 is 1.74 bits per heavy atom. The number of benzene rings is 2. The van der Waals surface area contributed by atoms with Crippen LogP contribution < -0.4 is 4.74 Å². The summed E-state index contributed by atoms with van der Waals surface area (Å²) in [5, 5.41) is 7.45. The first-order valence-electron chi connectivity index (χ1n) is 8.80. The van der Waals surface area contributed by atoms with E-state index in [1.165, 1.54) is 5.56 Å². The summed E-state index contributed by atoms with van der Waals surface area (Å²) < 4.78 is 5.34. The molecular weight excluding hydrogens is 381 g/mol. The highest BCUT2D eigenvalue weighted by atomic mass is 35.5. The van der Waals surface area contributed by atoms with Gasteiger partial charge in [0.05, 0.1) is 7.11 Å². The number of methoxy groups -OCH3 is 1. The fourth-order valence-corrected chi connectivity index (χ4v) is 3.07. The minimum Gasteiger partial charge on any atom is -0.496 e. The summed E-state index contributed by atoms with van der Waals surface area (Å²) in [5.41, 5.74) is 2.35. The summed E-state index contributed by atoms with van der Waals surface area (Å²) in [5.74, 6) is 0.868. The van der Waals surface area contributed by atoms with E-state index in [4.69, 9.17) is 16.3 Å². The van der Waals surface area contributed by atoms with Crippen molar-refractivity contribution in [3.63, 3.8) is 0 Å². The van der Waals surface area contributed by atoms with E-state index in [1.807, 2.05) is 54.8 Å². The van der Waals surface area contributed by atoms with Crippen molar-refractivity contribution in [2.45, 2.75) is 6.54 Å². The van der Waals surface area contributed by atoms with E-state index in [1.54, 1.807) is 7.11 Å². The van der Waals surface area contributed by atoms with Crippen molar-refractivity contribution in [1.82, 2.24) is 9.91 Å². The molecular formula is C21H25Cl2N3O. The molecule has 0 saturated carbocycles. The van der Waals surface area contributed by atoms with Gasteiger partial charge in [0.2, 0.25) is 0 Å². The molecule has 0 unspecified atom stereocenters. The highest BCUT2D eigenvalue weighted by Crippen LogP contribution is 2.18. The Hall–Kier alpha value is -2.01. The molecule has 0 amide bonds. The molecule has 1 fully saturated rings. The summed E-state index contributed by atoms with van der Waals surface area (Å²) in [7, 11) is 1.68. The monoisotopic (exact) mass is 405 g/mol. The standard InChI is InChI=1S/C21H24ClN3O.ClH/c1-26-21-7-3-2-5-19(21)6-4-12-23-25-15-13-24(14-16-25)17-18-8-10-20(22)11-9-18;/h2-12H,13-17H2,1H3;1H/b6-4+,23-12?;. The maximum atomic E-state index is 5.94. The second-order valence-corrected chi connectivity index (χ2v) is 6.66. The van der Waals surface area contributed by atoms with Crippen LogP contribution in [0.2, 0.25) is 5.02 Å². The zero-order chi connectivity index (χ0) is 18.2. The predicted octanol–water partition coefficient (Wildman–Crippen LogP) is 4.59. The normalized spacial score (nSPS) is 15.3. The predicted molar refractivity (Wildman–Crippen MR) is 116 cm³/mol. The van der Waals surface area contributed by atoms with Gasteiger partial charge in [-0.05, 0) is 35.9 Å². The number of para-hydroxylation sites is 1. The molecule has 0 radical (unpaired) electrons. The second kappa shape index (κ2) is 11.0. The largest absolute Gasteiger partial charge is 0.496 e. The zero-order valence-electron chi connectivity index (χ0n) is 15.4. The van der Waals surface area contributed by atoms with E-state index < -0.39 is 0 Å². The van der Waals surface area contributed by atoms with Crippen molar-refractivity contribution in [1.29, 1.82) is 0 Å². The minimum absolute atomic E-state index is 0. The molecule has 1 heterocycles. The molecule has 3 rings (SSSR count). The summed E-state index contributed by atoms with van der Waals surface area (Å²) in [6.07, 6.45) is 5.82. The van der Waals surface area contributed by atoms with Crippen molar-refractivity contribution >= 4 is 36.3 Å². The van der Waals surface area contributed by atoms with Gasteiger partial charge in [0.15, 0.2) is 0 Å². The molecule has 0 N–H and O–H groups in total. The number of nitrogens with zero attached hydrogens (tertiary/aromatic N) is 3. The van der Waals surface area contributed by atoms with E-state index in [0.29, 0.717) is 0 Å². The third kappa shape index (κ3) is 6.58. The van der Waals surface area contributed by atoms with Crippen LogP contribution in [0.1, 0.15) is 11.1 Å². The number of piperazine rings is 1. The lowest BCUT2D eigenvalue weighted by molar-refractivity contribution is 0.131. The van der Waals surface area contributed by atoms with Crippen LogP contribution in [0.15, 0.2) is 59.7 Å². The Morgan fingerprint density at radius 1 is 1.04 bits per heavy atom. The molecule has 27 heavy (non-hydrogen) atoms. The van der Waals surface area contributed by atoms with Crippen LogP contribution in [-0.2, 0) is 6.54 Å². The van der Waals surface area contributed by atoms with Gasteiger partial charge in [-0.25, -0.2) is 0 Å². The highest BCUT2D eigenvalue weighted by Gasteiger charge is 2.15. The van der Waals surface area contributed by atoms with Crippen molar-refractivity contribution < 1.29 is 4.74 Å². The molecule has 2 aromatic carbocycles. The molecule has 0 bridgehead atoms. The van der Waals surface area contributed by atoms with E-state index >= 15 is 0 Å². The van der Waals surface area contributed by atoms with Gasteiger partial charge in [-0.1, -0.05) is 41.9 Å². The second-order valence-electron chi connectivity index (χ2n) is 6.22. The van der Waals surface area contributed by atoms with Gasteiger partial charge in [-0.3, -0.25) is 9.91 Å². The van der Waals surface area contributed by atoms with E-state index in [0.717, 1.165) is 49.1 Å². The van der Waals surface area contributed by atoms with Gasteiger partial charge in [0.25, 0.3) is 0 Å². The van der Waals surface area contributed by atoms with Crippen LogP contribution in [0.5, 0.6) is 5.75 Å². The quantitative estimate of drug-likeness (QED) is 0.657. The van der Waals surface area contributed by atoms with Gasteiger partial charge < -0.3 is 4.74 Å². The number of halogens is 2. The van der Waals surface area contributed by atoms with Gasteiger partial charge in [0.1, 0.15) is 5.75 Å². The Morgan fingerprint density at radius 3 is 2.44 bits per heavy atom. The molecule has 0 atom stereocenters. The van der Waals surface area contributed by atoms with Gasteiger partial charge in [-0.15, -0.1) is 12.4 Å². The van der Waals surface area contributed by atoms with Crippen LogP contribution in [0.3, 0.4) is 0 Å². The zero-order valence-corrected chi connectivity index (χ0v) is 17.0. The number of hydrazone groups is 1. The van der Waals surface area contributed by atoms with Crippen LogP contribution >= 0.6 is 24.0 Å². The van der Waals surface area contributed by atoms with E-state index in [-0.39, 0.29) is 12.4 Å². The Labute approximate surface area is 172 Å². The van der Waals surface area contributed by atoms with Crippen molar-refractivity contribution in [3.8, 4) is 5.75 Å². The molecule has 4 nitrogen and oxygen atoms in total. The van der Waals surface area contributed by atoms with Gasteiger partial charge in [0, 0.05) is 49.5 Å². The maximum Gasteiger partial charge on any atom is 0.126 e. The minimum atomic E-state index is 0. The first kappa shape index (κ1) is 21.3. The Kier molecular flexibility index (Phi) is 8.65. The Bertz CT molecular complexity index is 754. The van der Waals surface area contributed by atoms with Crippen LogP contribution in [-0.4, -0.2) is 49.4 Å². The maximum absolute atomic E-state index is 5.94. The average molecular weight is 406 g/mol. The smallest absolute Gasteiger partial charge is 0.126 e. The summed E-state index contributed by atoms with van der Waals surface area (Å²) in [6, 6.07) is 16.0. The third-order valence-corrected chi connectivity index (χ3v) is 4.65. The SMILES string of the molecule is COc1ccccc1/C=C/C=NN1CCN(Cc2ccc(Cl)cc2)CC1.Cl. The fraction of sp³-hybridized carbons (Fsp3) is 0.286. The summed E-state index contributed by atoms with van der Waals surface area (Å²) in [6.45, 7) is 4.86. The van der Waals surface area contributed by atoms with Crippen molar-refractivity contribution in [2.24, 2.45) is 5.10 Å². The molecule has 0 spiro atoms. The third-order valence-electron chi connectivity index (χ3n) is 4.40. The van der Waals surface area contributed by atoms with Crippen LogP contribution in [0, 0.1) is 0 Å². The van der Waals surface area contributed by atoms with Gasteiger partial charge in [-0.2, -0.15) is 5.10 Å². The molecule has 1 aliphatic rings. The first-order valence-corrected chi connectivity index (χ1v) is 9.18. The lowest BCUT2D eigenvalue weighted by Crippen LogP contribution is -2.43. The van der Waals surface area contributed by atoms with Crippen molar-refractivity contribution in [2.75, 3.05) is 33.3 Å². The molecule has 1 aliphatic heterocycles. The lowest BCUT2D eigenvalue weighted by Gasteiger charge is -2.32. The highest BCUT2D eigenvalue weighted by molar-refractivity contribution is 6.30. The number of rotatable bonds is 6. The summed E-state index contributed by atoms with van der Waals surface area (Å²) in [4.78, 5) is 2.44. The average Bonchev–Trinajstić information content (AvgIpc) is 2.68. The Balaban J connectivity index is 0.00000261. The molecule has 1 saturated heterocycles. The topological polar surface area (TPSA) is 28.1 Å². The van der Waals surface area contributed by atoms with Crippen LogP contribution in [0.4, 0.5) is 0 Å². The first-order chi connectivity index (χ1) is 12.7. The van der Waals surface area contributed by atoms with Gasteiger partial charge >= 0.3 is 0 Å². The molecule has 0 aliphatic carbocycles. The number of hydrogen-bond donors (Lipinski definition) is 0. The number of hydrogen-bond acceptors (Lipinski definition) is 4. The van der Waals surface area contributed by atoms with E-state index in [2.05, 4.69) is 27.1 Å². The number of allylic oxidation sites excluding steroid dienone is 1. The van der Waals surface area contributed by atoms with Crippen LogP contribution in [0.25, 0.3) is 6.08 Å². The molecule has 0 aromatic heterocycles. The molecule has 2 aromatic rings.